The topological polar surface area (TPSA) is 23.5 Å². The second kappa shape index (κ2) is 6.13. The fraction of sp³-hybridized carbons (Fsp3) is 1.00. The predicted molar refractivity (Wildman–Crippen MR) is 81.2 cm³/mol. The minimum absolute atomic E-state index is 0.0568. The van der Waals surface area contributed by atoms with Crippen molar-refractivity contribution in [2.45, 2.75) is 77.9 Å². The first-order chi connectivity index (χ1) is 8.87. The molecule has 0 bridgehead atoms. The van der Waals surface area contributed by atoms with Crippen LogP contribution < -0.4 is 0 Å². The average molecular weight is 267 g/mol. The van der Waals surface area contributed by atoms with Crippen molar-refractivity contribution in [2.24, 2.45) is 17.3 Å². The van der Waals surface area contributed by atoms with E-state index in [0.717, 1.165) is 24.9 Å². The molecule has 0 aromatic heterocycles. The molecule has 0 heterocycles. The van der Waals surface area contributed by atoms with E-state index in [9.17, 15) is 5.11 Å². The Morgan fingerprint density at radius 1 is 1.11 bits per heavy atom. The number of aliphatic hydroxyl groups is 1. The second-order valence-corrected chi connectivity index (χ2v) is 8.08. The third-order valence-corrected chi connectivity index (χ3v) is 5.66. The molecule has 0 saturated heterocycles. The van der Waals surface area contributed by atoms with Crippen LogP contribution in [0.15, 0.2) is 0 Å². The van der Waals surface area contributed by atoms with E-state index in [2.05, 4.69) is 32.7 Å². The number of hydrogen-bond donors (Lipinski definition) is 1. The average Bonchev–Trinajstić information content (AvgIpc) is 2.33. The largest absolute Gasteiger partial charge is 0.393 e. The van der Waals surface area contributed by atoms with E-state index in [1.54, 1.807) is 0 Å². The van der Waals surface area contributed by atoms with Crippen molar-refractivity contribution >= 4 is 0 Å². The van der Waals surface area contributed by atoms with Gasteiger partial charge in [-0.2, -0.15) is 0 Å². The van der Waals surface area contributed by atoms with Gasteiger partial charge in [-0.1, -0.05) is 20.8 Å². The Kier molecular flexibility index (Phi) is 4.94. The molecule has 2 aliphatic carbocycles. The van der Waals surface area contributed by atoms with Gasteiger partial charge in [0, 0.05) is 12.6 Å². The van der Waals surface area contributed by atoms with Crippen LogP contribution in [0.5, 0.6) is 0 Å². The molecule has 112 valence electrons. The Labute approximate surface area is 119 Å². The molecule has 0 aromatic carbocycles. The van der Waals surface area contributed by atoms with Gasteiger partial charge in [-0.25, -0.2) is 0 Å². The number of aliphatic hydroxyl groups excluding tert-OH is 1. The summed E-state index contributed by atoms with van der Waals surface area (Å²) in [4.78, 5) is 2.54. The van der Waals surface area contributed by atoms with Crippen molar-refractivity contribution in [3.8, 4) is 0 Å². The first-order valence-corrected chi connectivity index (χ1v) is 8.26. The fourth-order valence-corrected chi connectivity index (χ4v) is 4.02. The van der Waals surface area contributed by atoms with E-state index in [-0.39, 0.29) is 6.10 Å². The van der Waals surface area contributed by atoms with Crippen LogP contribution in [0.3, 0.4) is 0 Å². The van der Waals surface area contributed by atoms with E-state index in [4.69, 9.17) is 0 Å². The van der Waals surface area contributed by atoms with Crippen LogP contribution in [0.1, 0.15) is 65.7 Å². The van der Waals surface area contributed by atoms with Gasteiger partial charge < -0.3 is 10.0 Å². The van der Waals surface area contributed by atoms with Gasteiger partial charge in [-0.15, -0.1) is 0 Å². The van der Waals surface area contributed by atoms with Crippen LogP contribution >= 0.6 is 0 Å². The summed E-state index contributed by atoms with van der Waals surface area (Å²) in [6.07, 6.45) is 8.75. The maximum absolute atomic E-state index is 10.2. The van der Waals surface area contributed by atoms with E-state index >= 15 is 0 Å². The number of rotatable bonds is 3. The first-order valence-electron chi connectivity index (χ1n) is 8.26. The Morgan fingerprint density at radius 2 is 1.74 bits per heavy atom. The van der Waals surface area contributed by atoms with Crippen LogP contribution in [0.4, 0.5) is 0 Å². The summed E-state index contributed by atoms with van der Waals surface area (Å²) in [6.45, 7) is 8.23. The Morgan fingerprint density at radius 3 is 2.37 bits per heavy atom. The zero-order valence-corrected chi connectivity index (χ0v) is 13.4. The molecule has 2 heteroatoms. The lowest BCUT2D eigenvalue weighted by molar-refractivity contribution is 0.0196. The summed E-state index contributed by atoms with van der Waals surface area (Å²) in [5, 5.41) is 10.2. The Bertz CT molecular complexity index is 279. The maximum atomic E-state index is 10.2. The highest BCUT2D eigenvalue weighted by molar-refractivity contribution is 4.86. The van der Waals surface area contributed by atoms with Crippen LogP contribution in [-0.4, -0.2) is 35.7 Å². The molecular formula is C17H33NO. The van der Waals surface area contributed by atoms with Crippen LogP contribution in [0.2, 0.25) is 0 Å². The van der Waals surface area contributed by atoms with Gasteiger partial charge in [0.1, 0.15) is 0 Å². The van der Waals surface area contributed by atoms with Crippen molar-refractivity contribution < 1.29 is 5.11 Å². The summed E-state index contributed by atoms with van der Waals surface area (Å²) >= 11 is 0. The van der Waals surface area contributed by atoms with Crippen molar-refractivity contribution in [3.63, 3.8) is 0 Å². The first kappa shape index (κ1) is 15.3. The van der Waals surface area contributed by atoms with E-state index < -0.39 is 0 Å². The van der Waals surface area contributed by atoms with Gasteiger partial charge >= 0.3 is 0 Å². The SMILES string of the molecule is CC1CCC(O)C(CN(C)C2CCC(C)(C)CC2)C1. The fourth-order valence-electron chi connectivity index (χ4n) is 4.02. The minimum atomic E-state index is -0.0568. The molecule has 2 nitrogen and oxygen atoms in total. The van der Waals surface area contributed by atoms with Gasteiger partial charge in [0.15, 0.2) is 0 Å². The van der Waals surface area contributed by atoms with E-state index in [1.807, 2.05) is 0 Å². The minimum Gasteiger partial charge on any atom is -0.393 e. The van der Waals surface area contributed by atoms with Crippen molar-refractivity contribution in [1.29, 1.82) is 0 Å². The predicted octanol–water partition coefficient (Wildman–Crippen LogP) is 3.68. The van der Waals surface area contributed by atoms with E-state index in [0.29, 0.717) is 11.3 Å². The monoisotopic (exact) mass is 267 g/mol. The smallest absolute Gasteiger partial charge is 0.0580 e. The summed E-state index contributed by atoms with van der Waals surface area (Å²) in [7, 11) is 2.27. The Hall–Kier alpha value is -0.0800. The molecule has 0 radical (unpaired) electrons. The second-order valence-electron chi connectivity index (χ2n) is 8.08. The van der Waals surface area contributed by atoms with Crippen molar-refractivity contribution in [3.05, 3.63) is 0 Å². The number of nitrogens with zero attached hydrogens (tertiary/aromatic N) is 1. The van der Waals surface area contributed by atoms with Crippen LogP contribution in [0.25, 0.3) is 0 Å². The molecule has 2 aliphatic rings. The molecule has 2 rings (SSSR count). The van der Waals surface area contributed by atoms with Gasteiger partial charge in [0.05, 0.1) is 6.10 Å². The molecule has 2 saturated carbocycles. The summed E-state index contributed by atoms with van der Waals surface area (Å²) < 4.78 is 0. The molecule has 0 aromatic rings. The van der Waals surface area contributed by atoms with Gasteiger partial charge in [0.2, 0.25) is 0 Å². The lowest BCUT2D eigenvalue weighted by Gasteiger charge is -2.41. The molecule has 0 aliphatic heterocycles. The molecule has 0 spiro atoms. The van der Waals surface area contributed by atoms with Gasteiger partial charge in [0.25, 0.3) is 0 Å². The summed E-state index contributed by atoms with van der Waals surface area (Å²) in [5.41, 5.74) is 0.552. The Balaban J connectivity index is 1.82. The molecule has 19 heavy (non-hydrogen) atoms. The molecule has 1 N–H and O–H groups in total. The van der Waals surface area contributed by atoms with Crippen LogP contribution in [0, 0.1) is 17.3 Å². The van der Waals surface area contributed by atoms with E-state index in [1.165, 1.54) is 38.5 Å². The van der Waals surface area contributed by atoms with Crippen molar-refractivity contribution in [2.75, 3.05) is 13.6 Å². The maximum Gasteiger partial charge on any atom is 0.0580 e. The highest BCUT2D eigenvalue weighted by Gasteiger charge is 2.32. The highest BCUT2D eigenvalue weighted by atomic mass is 16.3. The van der Waals surface area contributed by atoms with Gasteiger partial charge in [-0.05, 0) is 69.2 Å². The molecule has 3 unspecified atom stereocenters. The summed E-state index contributed by atoms with van der Waals surface area (Å²) in [6, 6.07) is 0.748. The normalized spacial score (nSPS) is 36.6. The quantitative estimate of drug-likeness (QED) is 0.843. The summed E-state index contributed by atoms with van der Waals surface area (Å²) in [5.74, 6) is 1.30. The van der Waals surface area contributed by atoms with Crippen molar-refractivity contribution in [1.82, 2.24) is 4.90 Å². The highest BCUT2D eigenvalue weighted by Crippen LogP contribution is 2.37. The zero-order chi connectivity index (χ0) is 14.0. The number of hydrogen-bond acceptors (Lipinski definition) is 2. The van der Waals surface area contributed by atoms with Gasteiger partial charge in [-0.3, -0.25) is 0 Å². The molecule has 2 fully saturated rings. The third kappa shape index (κ3) is 4.19. The zero-order valence-electron chi connectivity index (χ0n) is 13.4. The molecular weight excluding hydrogens is 234 g/mol. The molecule has 0 amide bonds. The standard InChI is InChI=1S/C17H33NO/c1-13-5-6-16(19)14(11-13)12-18(4)15-7-9-17(2,3)10-8-15/h13-16,19H,5-12H2,1-4H3. The lowest BCUT2D eigenvalue weighted by atomic mass is 9.75. The lowest BCUT2D eigenvalue weighted by Crippen LogP contribution is -2.43. The molecule has 3 atom stereocenters. The third-order valence-electron chi connectivity index (χ3n) is 5.66. The van der Waals surface area contributed by atoms with Crippen LogP contribution in [-0.2, 0) is 0 Å².